The van der Waals surface area contributed by atoms with E-state index in [9.17, 15) is 8.42 Å². The number of hydrogen-bond donors (Lipinski definition) is 1. The van der Waals surface area contributed by atoms with Crippen LogP contribution < -0.4 is 5.32 Å². The number of sulfonamides is 1. The highest BCUT2D eigenvalue weighted by atomic mass is 32.2. The summed E-state index contributed by atoms with van der Waals surface area (Å²) in [6, 6.07) is 1.68. The van der Waals surface area contributed by atoms with E-state index in [2.05, 4.69) is 10.3 Å². The van der Waals surface area contributed by atoms with Crippen LogP contribution in [0.25, 0.3) is 0 Å². The van der Waals surface area contributed by atoms with Gasteiger partial charge in [-0.25, -0.2) is 8.42 Å². The normalized spacial score (nSPS) is 11.8. The summed E-state index contributed by atoms with van der Waals surface area (Å²) in [6.45, 7) is 3.08. The standard InChI is InChI=1S/C11H19N3O2S2/c1-4-13-10-5-6-12-9-11(10)18(15,16)14(2)7-8-17-3/h5-6,9H,4,7-8H2,1-3H3,(H,12,13). The van der Waals surface area contributed by atoms with Crippen LogP contribution >= 0.6 is 11.8 Å². The molecule has 0 aromatic carbocycles. The molecule has 1 aromatic heterocycles. The molecule has 0 amide bonds. The van der Waals surface area contributed by atoms with Crippen LogP contribution in [0.5, 0.6) is 0 Å². The second kappa shape index (κ2) is 6.96. The third kappa shape index (κ3) is 3.60. The van der Waals surface area contributed by atoms with Gasteiger partial charge in [0.15, 0.2) is 0 Å². The maximum Gasteiger partial charge on any atom is 0.246 e. The fourth-order valence-electron chi connectivity index (χ4n) is 1.43. The third-order valence-electron chi connectivity index (χ3n) is 2.45. The van der Waals surface area contributed by atoms with Crippen LogP contribution in [-0.4, -0.2) is 49.9 Å². The van der Waals surface area contributed by atoms with Crippen LogP contribution in [0, 0.1) is 0 Å². The van der Waals surface area contributed by atoms with Crippen molar-refractivity contribution in [3.8, 4) is 0 Å². The van der Waals surface area contributed by atoms with Crippen molar-refractivity contribution in [1.29, 1.82) is 0 Å². The maximum absolute atomic E-state index is 12.4. The summed E-state index contributed by atoms with van der Waals surface area (Å²) in [5.74, 6) is 0.770. The zero-order chi connectivity index (χ0) is 13.6. The Hall–Kier alpha value is -0.790. The average Bonchev–Trinajstić information content (AvgIpc) is 2.36. The van der Waals surface area contributed by atoms with Gasteiger partial charge in [-0.1, -0.05) is 0 Å². The van der Waals surface area contributed by atoms with Gasteiger partial charge in [0, 0.05) is 38.3 Å². The summed E-state index contributed by atoms with van der Waals surface area (Å²) in [6.07, 6.45) is 4.93. The number of aromatic nitrogens is 1. The number of rotatable bonds is 7. The van der Waals surface area contributed by atoms with Gasteiger partial charge in [-0.15, -0.1) is 0 Å². The molecule has 0 spiro atoms. The Balaban J connectivity index is 3.04. The molecule has 0 saturated heterocycles. The van der Waals surface area contributed by atoms with Gasteiger partial charge in [-0.2, -0.15) is 16.1 Å². The molecule has 102 valence electrons. The van der Waals surface area contributed by atoms with Crippen LogP contribution in [0.3, 0.4) is 0 Å². The predicted octanol–water partition coefficient (Wildman–Crippen LogP) is 1.50. The monoisotopic (exact) mass is 289 g/mol. The molecule has 1 heterocycles. The van der Waals surface area contributed by atoms with Gasteiger partial charge in [-0.3, -0.25) is 4.98 Å². The number of nitrogens with zero attached hydrogens (tertiary/aromatic N) is 2. The lowest BCUT2D eigenvalue weighted by molar-refractivity contribution is 0.488. The topological polar surface area (TPSA) is 62.3 Å². The van der Waals surface area contributed by atoms with Crippen molar-refractivity contribution in [3.05, 3.63) is 18.5 Å². The van der Waals surface area contributed by atoms with E-state index >= 15 is 0 Å². The number of anilines is 1. The summed E-state index contributed by atoms with van der Waals surface area (Å²) in [7, 11) is -1.88. The number of pyridine rings is 1. The first-order chi connectivity index (χ1) is 8.54. The van der Waals surface area contributed by atoms with Crippen LogP contribution in [0.4, 0.5) is 5.69 Å². The summed E-state index contributed by atoms with van der Waals surface area (Å²) in [4.78, 5) is 4.14. The zero-order valence-corrected chi connectivity index (χ0v) is 12.5. The van der Waals surface area contributed by atoms with Crippen LogP contribution in [-0.2, 0) is 10.0 Å². The lowest BCUT2D eigenvalue weighted by Gasteiger charge is -2.18. The van der Waals surface area contributed by atoms with Crippen molar-refractivity contribution in [3.63, 3.8) is 0 Å². The molecule has 0 aliphatic rings. The zero-order valence-electron chi connectivity index (χ0n) is 10.9. The van der Waals surface area contributed by atoms with Gasteiger partial charge in [0.1, 0.15) is 4.90 Å². The Bertz CT molecular complexity index is 477. The highest BCUT2D eigenvalue weighted by Gasteiger charge is 2.23. The maximum atomic E-state index is 12.4. The molecule has 5 nitrogen and oxygen atoms in total. The summed E-state index contributed by atoms with van der Waals surface area (Å²) in [5, 5.41) is 3.04. The molecule has 0 atom stereocenters. The molecule has 18 heavy (non-hydrogen) atoms. The van der Waals surface area contributed by atoms with E-state index in [-0.39, 0.29) is 4.90 Å². The molecule has 0 radical (unpaired) electrons. The Labute approximate surface area is 113 Å². The van der Waals surface area contributed by atoms with E-state index in [1.807, 2.05) is 13.2 Å². The number of hydrogen-bond acceptors (Lipinski definition) is 5. The van der Waals surface area contributed by atoms with E-state index in [0.29, 0.717) is 18.8 Å². The van der Waals surface area contributed by atoms with E-state index < -0.39 is 10.0 Å². The quantitative estimate of drug-likeness (QED) is 0.824. The molecule has 0 aliphatic heterocycles. The first-order valence-electron chi connectivity index (χ1n) is 5.67. The second-order valence-corrected chi connectivity index (χ2v) is 6.72. The molecule has 0 bridgehead atoms. The molecule has 0 unspecified atom stereocenters. The second-order valence-electron chi connectivity index (χ2n) is 3.72. The average molecular weight is 289 g/mol. The van der Waals surface area contributed by atoms with Crippen molar-refractivity contribution < 1.29 is 8.42 Å². The predicted molar refractivity (Wildman–Crippen MR) is 76.6 cm³/mol. The lowest BCUT2D eigenvalue weighted by atomic mass is 10.4. The largest absolute Gasteiger partial charge is 0.384 e. The lowest BCUT2D eigenvalue weighted by Crippen LogP contribution is -2.29. The van der Waals surface area contributed by atoms with Gasteiger partial charge >= 0.3 is 0 Å². The van der Waals surface area contributed by atoms with E-state index in [1.165, 1.54) is 10.5 Å². The van der Waals surface area contributed by atoms with Gasteiger partial charge < -0.3 is 5.32 Å². The summed E-state index contributed by atoms with van der Waals surface area (Å²) >= 11 is 1.62. The summed E-state index contributed by atoms with van der Waals surface area (Å²) < 4.78 is 26.1. The molecule has 1 rings (SSSR count). The highest BCUT2D eigenvalue weighted by molar-refractivity contribution is 7.98. The molecular formula is C11H19N3O2S2. The molecule has 0 fully saturated rings. The van der Waals surface area contributed by atoms with Crippen molar-refractivity contribution in [1.82, 2.24) is 9.29 Å². The fourth-order valence-corrected chi connectivity index (χ4v) is 3.28. The molecule has 1 aromatic rings. The van der Waals surface area contributed by atoms with Crippen LogP contribution in [0.1, 0.15) is 6.92 Å². The van der Waals surface area contributed by atoms with Crippen LogP contribution in [0.2, 0.25) is 0 Å². The Kier molecular flexibility index (Phi) is 5.90. The minimum Gasteiger partial charge on any atom is -0.384 e. The van der Waals surface area contributed by atoms with Crippen LogP contribution in [0.15, 0.2) is 23.4 Å². The highest BCUT2D eigenvalue weighted by Crippen LogP contribution is 2.22. The minimum absolute atomic E-state index is 0.232. The number of thioether (sulfide) groups is 1. The first-order valence-corrected chi connectivity index (χ1v) is 8.50. The first kappa shape index (κ1) is 15.3. The molecular weight excluding hydrogens is 270 g/mol. The SMILES string of the molecule is CCNc1ccncc1S(=O)(=O)N(C)CCSC. The molecule has 7 heteroatoms. The molecule has 0 saturated carbocycles. The Morgan fingerprint density at radius 2 is 2.22 bits per heavy atom. The smallest absolute Gasteiger partial charge is 0.246 e. The Morgan fingerprint density at radius 1 is 1.50 bits per heavy atom. The van der Waals surface area contributed by atoms with Crippen molar-refractivity contribution in [2.24, 2.45) is 0 Å². The van der Waals surface area contributed by atoms with Gasteiger partial charge in [0.25, 0.3) is 0 Å². The van der Waals surface area contributed by atoms with E-state index in [4.69, 9.17) is 0 Å². The van der Waals surface area contributed by atoms with Gasteiger partial charge in [0.2, 0.25) is 10.0 Å². The van der Waals surface area contributed by atoms with Crippen molar-refractivity contribution in [2.75, 3.05) is 37.5 Å². The van der Waals surface area contributed by atoms with E-state index in [0.717, 1.165) is 5.75 Å². The van der Waals surface area contributed by atoms with Gasteiger partial charge in [0.05, 0.1) is 5.69 Å². The molecule has 1 N–H and O–H groups in total. The number of nitrogens with one attached hydrogen (secondary N) is 1. The summed E-state index contributed by atoms with van der Waals surface area (Å²) in [5.41, 5.74) is 0.600. The third-order valence-corrected chi connectivity index (χ3v) is 4.93. The Morgan fingerprint density at radius 3 is 2.83 bits per heavy atom. The molecule has 0 aliphatic carbocycles. The van der Waals surface area contributed by atoms with E-state index in [1.54, 1.807) is 31.1 Å². The fraction of sp³-hybridized carbons (Fsp3) is 0.545. The van der Waals surface area contributed by atoms with Gasteiger partial charge in [-0.05, 0) is 19.2 Å². The van der Waals surface area contributed by atoms with Crippen molar-refractivity contribution in [2.45, 2.75) is 11.8 Å². The van der Waals surface area contributed by atoms with Crippen molar-refractivity contribution >= 4 is 27.5 Å². The minimum atomic E-state index is -3.47.